The summed E-state index contributed by atoms with van der Waals surface area (Å²) in [7, 11) is 0. The average molecular weight is 217 g/mol. The number of hydrogen-bond donors (Lipinski definition) is 0. The molecule has 0 N–H and O–H groups in total. The maximum Gasteiger partial charge on any atom is 0.263 e. The van der Waals surface area contributed by atoms with E-state index in [1.807, 2.05) is 0 Å². The highest BCUT2D eigenvalue weighted by Crippen LogP contribution is 2.09. The second-order valence-electron chi connectivity index (χ2n) is 3.47. The molecule has 0 amide bonds. The Morgan fingerprint density at radius 2 is 1.86 bits per heavy atom. The van der Waals surface area contributed by atoms with Crippen LogP contribution in [-0.2, 0) is 6.42 Å². The lowest BCUT2D eigenvalue weighted by molar-refractivity contribution is 0.372. The van der Waals surface area contributed by atoms with Gasteiger partial charge in [0, 0.05) is 6.42 Å². The van der Waals surface area contributed by atoms with Gasteiger partial charge in [0.05, 0.1) is 0 Å². The lowest BCUT2D eigenvalue weighted by atomic mass is 10.1. The van der Waals surface area contributed by atoms with Gasteiger partial charge >= 0.3 is 0 Å². The lowest BCUT2D eigenvalue weighted by Gasteiger charge is -1.97. The third kappa shape index (κ3) is 4.61. The van der Waals surface area contributed by atoms with Crippen LogP contribution >= 0.6 is 11.6 Å². The number of halogens is 1. The average Bonchev–Trinajstić information content (AvgIpc) is 2.58. The number of nitrogens with zero attached hydrogens (tertiary/aromatic N) is 2. The van der Waals surface area contributed by atoms with Crippen LogP contribution in [0.5, 0.6) is 0 Å². The highest BCUT2D eigenvalue weighted by molar-refractivity contribution is 6.28. The molecule has 0 aromatic carbocycles. The van der Waals surface area contributed by atoms with Gasteiger partial charge in [-0.25, -0.2) is 0 Å². The fourth-order valence-corrected chi connectivity index (χ4v) is 1.52. The summed E-state index contributed by atoms with van der Waals surface area (Å²) in [5, 5.41) is 3.74. The second kappa shape index (κ2) is 6.82. The molecule has 0 aliphatic heterocycles. The first-order chi connectivity index (χ1) is 6.83. The number of hydrogen-bond acceptors (Lipinski definition) is 3. The molecule has 0 saturated carbocycles. The zero-order valence-corrected chi connectivity index (χ0v) is 9.39. The minimum absolute atomic E-state index is 0.214. The Bertz CT molecular complexity index is 250. The molecular weight excluding hydrogens is 200 g/mol. The summed E-state index contributed by atoms with van der Waals surface area (Å²) in [6.45, 7) is 2.22. The van der Waals surface area contributed by atoms with E-state index in [2.05, 4.69) is 17.1 Å². The Kier molecular flexibility index (Phi) is 5.60. The molecule has 3 nitrogen and oxygen atoms in total. The van der Waals surface area contributed by atoms with Crippen molar-refractivity contribution in [3.05, 3.63) is 11.2 Å². The van der Waals surface area contributed by atoms with Crippen molar-refractivity contribution < 1.29 is 4.52 Å². The predicted octanol–water partition coefficient (Wildman–Crippen LogP) is 3.63. The summed E-state index contributed by atoms with van der Waals surface area (Å²) < 4.78 is 4.90. The Balaban J connectivity index is 1.99. The van der Waals surface area contributed by atoms with Gasteiger partial charge in [0.25, 0.3) is 5.28 Å². The van der Waals surface area contributed by atoms with E-state index in [0.717, 1.165) is 12.8 Å². The zero-order valence-electron chi connectivity index (χ0n) is 8.63. The summed E-state index contributed by atoms with van der Waals surface area (Å²) in [5.41, 5.74) is 0. The second-order valence-corrected chi connectivity index (χ2v) is 3.81. The molecule has 0 saturated heterocycles. The fraction of sp³-hybridized carbons (Fsp3) is 0.800. The zero-order chi connectivity index (χ0) is 10.2. The fourth-order valence-electron chi connectivity index (χ4n) is 1.39. The van der Waals surface area contributed by atoms with Crippen LogP contribution in [-0.4, -0.2) is 10.1 Å². The third-order valence-corrected chi connectivity index (χ3v) is 2.34. The van der Waals surface area contributed by atoms with Crippen LogP contribution in [0.1, 0.15) is 51.3 Å². The molecule has 1 heterocycles. The first-order valence-corrected chi connectivity index (χ1v) is 5.69. The van der Waals surface area contributed by atoms with Crippen LogP contribution in [0, 0.1) is 0 Å². The molecule has 0 radical (unpaired) electrons. The van der Waals surface area contributed by atoms with Gasteiger partial charge in [-0.1, -0.05) is 39.0 Å². The normalized spacial score (nSPS) is 10.7. The first-order valence-electron chi connectivity index (χ1n) is 5.31. The van der Waals surface area contributed by atoms with Crippen LogP contribution in [0.2, 0.25) is 5.28 Å². The largest absolute Gasteiger partial charge is 0.338 e. The monoisotopic (exact) mass is 216 g/mol. The van der Waals surface area contributed by atoms with Crippen molar-refractivity contribution in [1.82, 2.24) is 10.1 Å². The van der Waals surface area contributed by atoms with Crippen molar-refractivity contribution in [2.45, 2.75) is 51.9 Å². The molecule has 0 aliphatic rings. The minimum Gasteiger partial charge on any atom is -0.338 e. The predicted molar refractivity (Wildman–Crippen MR) is 56.4 cm³/mol. The van der Waals surface area contributed by atoms with Gasteiger partial charge in [-0.05, 0) is 23.2 Å². The van der Waals surface area contributed by atoms with Crippen molar-refractivity contribution in [2.24, 2.45) is 0 Å². The topological polar surface area (TPSA) is 38.9 Å². The van der Waals surface area contributed by atoms with Crippen molar-refractivity contribution in [3.63, 3.8) is 0 Å². The maximum absolute atomic E-state index is 5.53. The molecule has 4 heteroatoms. The summed E-state index contributed by atoms with van der Waals surface area (Å²) in [5.74, 6) is 0.658. The van der Waals surface area contributed by atoms with Crippen LogP contribution in [0.15, 0.2) is 4.52 Å². The quantitative estimate of drug-likeness (QED) is 0.654. The molecule has 1 rings (SSSR count). The smallest absolute Gasteiger partial charge is 0.263 e. The summed E-state index contributed by atoms with van der Waals surface area (Å²) in [4.78, 5) is 3.93. The molecule has 0 fully saturated rings. The minimum atomic E-state index is 0.214. The molecule has 80 valence electrons. The number of aromatic nitrogens is 2. The van der Waals surface area contributed by atoms with Crippen LogP contribution < -0.4 is 0 Å². The van der Waals surface area contributed by atoms with E-state index in [1.165, 1.54) is 32.1 Å². The Hall–Kier alpha value is -0.570. The molecule has 0 atom stereocenters. The number of unbranched alkanes of at least 4 members (excludes halogenated alkanes) is 5. The third-order valence-electron chi connectivity index (χ3n) is 2.19. The van der Waals surface area contributed by atoms with Crippen molar-refractivity contribution in [2.75, 3.05) is 0 Å². The molecule has 1 aromatic heterocycles. The number of aryl methyl sites for hydroxylation is 1. The van der Waals surface area contributed by atoms with E-state index in [4.69, 9.17) is 16.1 Å². The van der Waals surface area contributed by atoms with Gasteiger partial charge in [-0.3, -0.25) is 0 Å². The number of rotatable bonds is 7. The molecule has 1 aromatic rings. The summed E-state index contributed by atoms with van der Waals surface area (Å²) in [6.07, 6.45) is 8.47. The Morgan fingerprint density at radius 1 is 1.14 bits per heavy atom. The highest BCUT2D eigenvalue weighted by Gasteiger charge is 2.02. The molecular formula is C10H17ClN2O. The first kappa shape index (κ1) is 11.5. The summed E-state index contributed by atoms with van der Waals surface area (Å²) in [6, 6.07) is 0. The van der Waals surface area contributed by atoms with Crippen LogP contribution in [0.4, 0.5) is 0 Å². The Morgan fingerprint density at radius 3 is 2.50 bits per heavy atom. The maximum atomic E-state index is 5.53. The van der Waals surface area contributed by atoms with Gasteiger partial charge in [0.15, 0.2) is 0 Å². The van der Waals surface area contributed by atoms with Crippen LogP contribution in [0.25, 0.3) is 0 Å². The van der Waals surface area contributed by atoms with Gasteiger partial charge in [0.1, 0.15) is 0 Å². The van der Waals surface area contributed by atoms with Crippen LogP contribution in [0.3, 0.4) is 0 Å². The van der Waals surface area contributed by atoms with E-state index >= 15 is 0 Å². The van der Waals surface area contributed by atoms with Gasteiger partial charge < -0.3 is 4.52 Å². The Labute approximate surface area is 89.8 Å². The standard InChI is InChI=1S/C10H17ClN2O/c1-2-3-4-5-6-7-8-9-12-10(11)13-14-9/h2-8H2,1H3. The van der Waals surface area contributed by atoms with Gasteiger partial charge in [-0.15, -0.1) is 0 Å². The highest BCUT2D eigenvalue weighted by atomic mass is 35.5. The van der Waals surface area contributed by atoms with E-state index < -0.39 is 0 Å². The molecule has 0 unspecified atom stereocenters. The van der Waals surface area contributed by atoms with Gasteiger partial charge in [0.2, 0.25) is 5.89 Å². The van der Waals surface area contributed by atoms with Crippen molar-refractivity contribution in [3.8, 4) is 0 Å². The van der Waals surface area contributed by atoms with E-state index in [9.17, 15) is 0 Å². The summed E-state index contributed by atoms with van der Waals surface area (Å²) >= 11 is 5.53. The molecule has 0 aliphatic carbocycles. The van der Waals surface area contributed by atoms with Crippen molar-refractivity contribution in [1.29, 1.82) is 0 Å². The molecule has 14 heavy (non-hydrogen) atoms. The molecule has 0 bridgehead atoms. The lowest BCUT2D eigenvalue weighted by Crippen LogP contribution is -1.86. The SMILES string of the molecule is CCCCCCCCc1nc(Cl)no1. The van der Waals surface area contributed by atoms with E-state index in [0.29, 0.717) is 5.89 Å². The van der Waals surface area contributed by atoms with E-state index in [1.54, 1.807) is 0 Å². The van der Waals surface area contributed by atoms with Gasteiger partial charge in [-0.2, -0.15) is 4.98 Å². The van der Waals surface area contributed by atoms with Crippen molar-refractivity contribution >= 4 is 11.6 Å². The molecule has 0 spiro atoms. The van der Waals surface area contributed by atoms with E-state index in [-0.39, 0.29) is 5.28 Å².